The predicted octanol–water partition coefficient (Wildman–Crippen LogP) is 2.90. The second-order valence-corrected chi connectivity index (χ2v) is 5.49. The van der Waals surface area contributed by atoms with Crippen molar-refractivity contribution in [3.8, 4) is 5.75 Å². The summed E-state index contributed by atoms with van der Waals surface area (Å²) in [6, 6.07) is 9.95. The van der Waals surface area contributed by atoms with Crippen LogP contribution in [0.15, 0.2) is 30.3 Å². The van der Waals surface area contributed by atoms with Gasteiger partial charge in [0.2, 0.25) is 0 Å². The van der Waals surface area contributed by atoms with E-state index in [1.165, 1.54) is 12.1 Å². The van der Waals surface area contributed by atoms with Gasteiger partial charge in [0.15, 0.2) is 17.0 Å². The number of aromatic hydroxyl groups is 1. The highest BCUT2D eigenvalue weighted by molar-refractivity contribution is 5.81. The first-order valence-electron chi connectivity index (χ1n) is 6.18. The number of pyridine rings is 1. The zero-order valence-electron chi connectivity index (χ0n) is 10.6. The SMILES string of the molecule is Cc1ccc2cccc(O)c2[n+]1[C@@]1(C)CC1C. The van der Waals surface area contributed by atoms with Crippen LogP contribution in [-0.4, -0.2) is 5.11 Å². The molecule has 0 saturated heterocycles. The summed E-state index contributed by atoms with van der Waals surface area (Å²) >= 11 is 0. The Balaban J connectivity index is 2.40. The molecule has 1 heterocycles. The fourth-order valence-electron chi connectivity index (χ4n) is 2.92. The summed E-state index contributed by atoms with van der Waals surface area (Å²) in [5.74, 6) is 1.06. The van der Waals surface area contributed by atoms with E-state index in [4.69, 9.17) is 0 Å². The van der Waals surface area contributed by atoms with Crippen LogP contribution in [0.1, 0.15) is 26.0 Å². The zero-order valence-corrected chi connectivity index (χ0v) is 10.6. The normalized spacial score (nSPS) is 27.4. The molecular weight excluding hydrogens is 210 g/mol. The van der Waals surface area contributed by atoms with Crippen molar-refractivity contribution in [3.05, 3.63) is 36.0 Å². The van der Waals surface area contributed by atoms with Gasteiger partial charge in [-0.25, -0.2) is 0 Å². The number of aromatic nitrogens is 1. The second kappa shape index (κ2) is 3.22. The summed E-state index contributed by atoms with van der Waals surface area (Å²) < 4.78 is 2.31. The monoisotopic (exact) mass is 228 g/mol. The van der Waals surface area contributed by atoms with Crippen LogP contribution in [0.4, 0.5) is 0 Å². The van der Waals surface area contributed by atoms with Crippen LogP contribution in [0, 0.1) is 12.8 Å². The van der Waals surface area contributed by atoms with Gasteiger partial charge in [0.05, 0.1) is 5.39 Å². The first-order chi connectivity index (χ1) is 8.04. The number of benzene rings is 1. The van der Waals surface area contributed by atoms with Gasteiger partial charge in [-0.3, -0.25) is 0 Å². The number of para-hydroxylation sites is 1. The number of aryl methyl sites for hydroxylation is 1. The number of hydrogen-bond acceptors (Lipinski definition) is 1. The molecule has 1 saturated carbocycles. The van der Waals surface area contributed by atoms with Crippen molar-refractivity contribution >= 4 is 10.9 Å². The van der Waals surface area contributed by atoms with E-state index in [1.807, 2.05) is 6.07 Å². The molecule has 1 N–H and O–H groups in total. The molecule has 1 aliphatic carbocycles. The van der Waals surface area contributed by atoms with Gasteiger partial charge >= 0.3 is 0 Å². The van der Waals surface area contributed by atoms with Gasteiger partial charge in [-0.15, -0.1) is 0 Å². The molecule has 1 aromatic heterocycles. The van der Waals surface area contributed by atoms with Crippen LogP contribution in [0.3, 0.4) is 0 Å². The largest absolute Gasteiger partial charge is 0.502 e. The van der Waals surface area contributed by atoms with Crippen LogP contribution in [0.2, 0.25) is 0 Å². The number of fused-ring (bicyclic) bond motifs is 1. The van der Waals surface area contributed by atoms with Gasteiger partial charge in [-0.1, -0.05) is 13.0 Å². The molecular formula is C15H18NO+. The van der Waals surface area contributed by atoms with Crippen molar-refractivity contribution in [1.82, 2.24) is 0 Å². The number of rotatable bonds is 1. The summed E-state index contributed by atoms with van der Waals surface area (Å²) in [5, 5.41) is 11.2. The maximum atomic E-state index is 10.1. The fourth-order valence-corrected chi connectivity index (χ4v) is 2.92. The maximum Gasteiger partial charge on any atom is 0.255 e. The number of phenols is 1. The standard InChI is InChI=1S/C15H17NO/c1-10-9-15(10,3)16-11(2)7-8-12-5-4-6-13(17)14(12)16/h4-8,10H,9H2,1-3H3/p+1/t10?,15-/m0/s1. The molecule has 0 aliphatic heterocycles. The predicted molar refractivity (Wildman–Crippen MR) is 68.0 cm³/mol. The summed E-state index contributed by atoms with van der Waals surface area (Å²) in [4.78, 5) is 0. The molecule has 0 spiro atoms. The third kappa shape index (κ3) is 1.36. The van der Waals surface area contributed by atoms with E-state index in [-0.39, 0.29) is 5.54 Å². The zero-order chi connectivity index (χ0) is 12.2. The Morgan fingerprint density at radius 2 is 2.00 bits per heavy atom. The lowest BCUT2D eigenvalue weighted by Crippen LogP contribution is -2.49. The summed E-state index contributed by atoms with van der Waals surface area (Å²) in [7, 11) is 0. The molecule has 88 valence electrons. The first kappa shape index (κ1) is 10.6. The Morgan fingerprint density at radius 1 is 1.29 bits per heavy atom. The summed E-state index contributed by atoms with van der Waals surface area (Å²) in [5.41, 5.74) is 2.35. The molecule has 1 fully saturated rings. The third-order valence-electron chi connectivity index (χ3n) is 4.26. The van der Waals surface area contributed by atoms with Crippen LogP contribution in [0.5, 0.6) is 5.75 Å². The van der Waals surface area contributed by atoms with E-state index in [2.05, 4.69) is 43.5 Å². The van der Waals surface area contributed by atoms with E-state index < -0.39 is 0 Å². The van der Waals surface area contributed by atoms with Crippen LogP contribution in [-0.2, 0) is 5.54 Å². The third-order valence-corrected chi connectivity index (χ3v) is 4.26. The Hall–Kier alpha value is -1.57. The van der Waals surface area contributed by atoms with E-state index in [0.717, 1.165) is 10.9 Å². The molecule has 1 unspecified atom stereocenters. The van der Waals surface area contributed by atoms with Crippen molar-refractivity contribution in [2.24, 2.45) is 5.92 Å². The van der Waals surface area contributed by atoms with Gasteiger partial charge in [0, 0.05) is 32.3 Å². The van der Waals surface area contributed by atoms with Crippen molar-refractivity contribution in [1.29, 1.82) is 0 Å². The van der Waals surface area contributed by atoms with Gasteiger partial charge in [0.1, 0.15) is 0 Å². The molecule has 0 amide bonds. The molecule has 0 bridgehead atoms. The van der Waals surface area contributed by atoms with Crippen molar-refractivity contribution in [2.75, 3.05) is 0 Å². The van der Waals surface area contributed by atoms with Crippen LogP contribution < -0.4 is 4.57 Å². The molecule has 2 aromatic rings. The van der Waals surface area contributed by atoms with Crippen molar-refractivity contribution in [3.63, 3.8) is 0 Å². The first-order valence-corrected chi connectivity index (χ1v) is 6.18. The van der Waals surface area contributed by atoms with Crippen LogP contribution >= 0.6 is 0 Å². The minimum atomic E-state index is 0.169. The van der Waals surface area contributed by atoms with Crippen molar-refractivity contribution < 1.29 is 9.67 Å². The average molecular weight is 228 g/mol. The number of phenolic OH excluding ortho intramolecular Hbond substituents is 1. The highest BCUT2D eigenvalue weighted by Crippen LogP contribution is 2.46. The smallest absolute Gasteiger partial charge is 0.255 e. The quantitative estimate of drug-likeness (QED) is 0.746. The van der Waals surface area contributed by atoms with E-state index >= 15 is 0 Å². The summed E-state index contributed by atoms with van der Waals surface area (Å²) in [6.45, 7) is 6.66. The Kier molecular flexibility index (Phi) is 2.00. The Bertz CT molecular complexity index is 605. The molecule has 2 heteroatoms. The molecule has 3 rings (SSSR count). The molecule has 0 radical (unpaired) electrons. The van der Waals surface area contributed by atoms with Gasteiger partial charge in [-0.2, -0.15) is 4.57 Å². The Labute approximate surface area is 102 Å². The summed E-state index contributed by atoms with van der Waals surface area (Å²) in [6.07, 6.45) is 1.19. The van der Waals surface area contributed by atoms with E-state index in [1.54, 1.807) is 6.07 Å². The van der Waals surface area contributed by atoms with Crippen LogP contribution in [0.25, 0.3) is 10.9 Å². The highest BCUT2D eigenvalue weighted by Gasteiger charge is 2.57. The molecule has 2 atom stereocenters. The number of nitrogens with zero attached hydrogens (tertiary/aromatic N) is 1. The minimum absolute atomic E-state index is 0.169. The molecule has 1 aliphatic rings. The maximum absolute atomic E-state index is 10.1. The van der Waals surface area contributed by atoms with Gasteiger partial charge in [0.25, 0.3) is 5.52 Å². The average Bonchev–Trinajstić information content (AvgIpc) is 2.88. The van der Waals surface area contributed by atoms with Gasteiger partial charge < -0.3 is 5.11 Å². The lowest BCUT2D eigenvalue weighted by molar-refractivity contribution is -0.720. The number of hydrogen-bond donors (Lipinski definition) is 1. The fraction of sp³-hybridized carbons (Fsp3) is 0.400. The lowest BCUT2D eigenvalue weighted by atomic mass is 10.1. The highest BCUT2D eigenvalue weighted by atomic mass is 16.3. The van der Waals surface area contributed by atoms with Gasteiger partial charge in [-0.05, 0) is 18.2 Å². The topological polar surface area (TPSA) is 24.1 Å². The lowest BCUT2D eigenvalue weighted by Gasteiger charge is -2.12. The second-order valence-electron chi connectivity index (χ2n) is 5.49. The molecule has 17 heavy (non-hydrogen) atoms. The molecule has 1 aromatic carbocycles. The Morgan fingerprint density at radius 3 is 2.65 bits per heavy atom. The molecule has 2 nitrogen and oxygen atoms in total. The van der Waals surface area contributed by atoms with E-state index in [9.17, 15) is 5.11 Å². The minimum Gasteiger partial charge on any atom is -0.502 e. The van der Waals surface area contributed by atoms with E-state index in [0.29, 0.717) is 11.7 Å². The van der Waals surface area contributed by atoms with Crippen molar-refractivity contribution in [2.45, 2.75) is 32.7 Å².